The molecule has 4 nitrogen and oxygen atoms in total. The maximum atomic E-state index is 10.8. The minimum absolute atomic E-state index is 0.266. The minimum atomic E-state index is -0.757. The van der Waals surface area contributed by atoms with Crippen LogP contribution in [0.25, 0.3) is 0 Å². The van der Waals surface area contributed by atoms with Crippen LogP contribution in [0.15, 0.2) is 36.9 Å². The van der Waals surface area contributed by atoms with Crippen LogP contribution in [0, 0.1) is 0 Å². The van der Waals surface area contributed by atoms with Crippen LogP contribution in [0.1, 0.15) is 18.9 Å². The maximum Gasteiger partial charge on any atom is 0.404 e. The molecule has 0 aliphatic carbocycles. The van der Waals surface area contributed by atoms with Crippen molar-refractivity contribution in [3.8, 4) is 5.75 Å². The first kappa shape index (κ1) is 14.1. The Bertz CT molecular complexity index is 387. The topological polar surface area (TPSA) is 61.6 Å². The predicted molar refractivity (Wildman–Crippen MR) is 70.6 cm³/mol. The zero-order chi connectivity index (χ0) is 13.4. The number of nitrogens with two attached hydrogens (primary N) is 1. The second-order valence-corrected chi connectivity index (χ2v) is 3.86. The molecule has 98 valence electrons. The highest BCUT2D eigenvalue weighted by molar-refractivity contribution is 5.64. The molecule has 1 atom stereocenters. The highest BCUT2D eigenvalue weighted by Gasteiger charge is 2.11. The summed E-state index contributed by atoms with van der Waals surface area (Å²) in [7, 11) is 0. The summed E-state index contributed by atoms with van der Waals surface area (Å²) in [5.41, 5.74) is 6.09. The van der Waals surface area contributed by atoms with Crippen molar-refractivity contribution in [1.82, 2.24) is 0 Å². The summed E-state index contributed by atoms with van der Waals surface area (Å²) in [4.78, 5) is 10.8. The Labute approximate surface area is 107 Å². The van der Waals surface area contributed by atoms with Crippen molar-refractivity contribution in [2.24, 2.45) is 5.73 Å². The molecule has 18 heavy (non-hydrogen) atoms. The van der Waals surface area contributed by atoms with Gasteiger partial charge in [-0.3, -0.25) is 0 Å². The van der Waals surface area contributed by atoms with Crippen molar-refractivity contribution < 1.29 is 14.3 Å². The minimum Gasteiger partial charge on any atom is -0.494 e. The summed E-state index contributed by atoms with van der Waals surface area (Å²) in [6, 6.07) is 7.69. The molecule has 0 radical (unpaired) electrons. The molecule has 1 amide bonds. The lowest BCUT2D eigenvalue weighted by Gasteiger charge is -2.15. The van der Waals surface area contributed by atoms with E-state index in [1.165, 1.54) is 0 Å². The average Bonchev–Trinajstić information content (AvgIpc) is 2.31. The fourth-order valence-electron chi connectivity index (χ4n) is 1.67. The van der Waals surface area contributed by atoms with Crippen molar-refractivity contribution >= 4 is 6.09 Å². The largest absolute Gasteiger partial charge is 0.494 e. The summed E-state index contributed by atoms with van der Waals surface area (Å²) in [5, 5.41) is 0. The average molecular weight is 249 g/mol. The van der Waals surface area contributed by atoms with E-state index in [4.69, 9.17) is 15.2 Å². The first-order chi connectivity index (χ1) is 8.65. The standard InChI is InChI=1S/C14H19NO3/c1-3-5-13(18-14(15)16)10-11-6-8-12(9-7-11)17-4-2/h3,6-9,13H,1,4-5,10H2,2H3,(H2,15,16). The Morgan fingerprint density at radius 2 is 2.11 bits per heavy atom. The molecule has 0 aromatic heterocycles. The van der Waals surface area contributed by atoms with Crippen molar-refractivity contribution in [3.05, 3.63) is 42.5 Å². The highest BCUT2D eigenvalue weighted by atomic mass is 16.6. The maximum absolute atomic E-state index is 10.8. The van der Waals surface area contributed by atoms with Crippen LogP contribution in [0.4, 0.5) is 4.79 Å². The van der Waals surface area contributed by atoms with Gasteiger partial charge in [0.1, 0.15) is 11.9 Å². The van der Waals surface area contributed by atoms with Crippen LogP contribution in [-0.2, 0) is 11.2 Å². The van der Waals surface area contributed by atoms with Crippen LogP contribution < -0.4 is 10.5 Å². The van der Waals surface area contributed by atoms with Gasteiger partial charge in [0, 0.05) is 12.8 Å². The highest BCUT2D eigenvalue weighted by Crippen LogP contribution is 2.15. The van der Waals surface area contributed by atoms with E-state index in [0.717, 1.165) is 11.3 Å². The Hall–Kier alpha value is -1.97. The lowest BCUT2D eigenvalue weighted by Crippen LogP contribution is -2.24. The fourth-order valence-corrected chi connectivity index (χ4v) is 1.67. The molecule has 1 rings (SSSR count). The smallest absolute Gasteiger partial charge is 0.404 e. The summed E-state index contributed by atoms with van der Waals surface area (Å²) in [6.07, 6.45) is 1.88. The number of primary amides is 1. The zero-order valence-corrected chi connectivity index (χ0v) is 10.6. The second-order valence-electron chi connectivity index (χ2n) is 3.86. The summed E-state index contributed by atoms with van der Waals surface area (Å²) >= 11 is 0. The van der Waals surface area contributed by atoms with Crippen LogP contribution in [0.5, 0.6) is 5.75 Å². The molecule has 0 spiro atoms. The van der Waals surface area contributed by atoms with E-state index >= 15 is 0 Å². The van der Waals surface area contributed by atoms with E-state index in [0.29, 0.717) is 19.4 Å². The number of benzene rings is 1. The molecule has 2 N–H and O–H groups in total. The number of rotatable bonds is 7. The van der Waals surface area contributed by atoms with E-state index in [2.05, 4.69) is 6.58 Å². The third-order valence-electron chi connectivity index (χ3n) is 2.41. The van der Waals surface area contributed by atoms with Crippen molar-refractivity contribution in [2.45, 2.75) is 25.9 Å². The molecule has 0 saturated heterocycles. The first-order valence-corrected chi connectivity index (χ1v) is 5.94. The SMILES string of the molecule is C=CCC(Cc1ccc(OCC)cc1)OC(N)=O. The third kappa shape index (κ3) is 4.91. The second kappa shape index (κ2) is 7.37. The van der Waals surface area contributed by atoms with Gasteiger partial charge in [0.05, 0.1) is 6.61 Å². The lowest BCUT2D eigenvalue weighted by atomic mass is 10.1. The molecule has 0 heterocycles. The van der Waals surface area contributed by atoms with Gasteiger partial charge >= 0.3 is 6.09 Å². The Kier molecular flexibility index (Phi) is 5.77. The summed E-state index contributed by atoms with van der Waals surface area (Å²) in [5.74, 6) is 0.831. The molecule has 1 aromatic rings. The van der Waals surface area contributed by atoms with Crippen LogP contribution in [-0.4, -0.2) is 18.8 Å². The number of hydrogen-bond donors (Lipinski definition) is 1. The van der Waals surface area contributed by atoms with Gasteiger partial charge in [-0.15, -0.1) is 6.58 Å². The molecular formula is C14H19NO3. The molecule has 1 aromatic carbocycles. The van der Waals surface area contributed by atoms with Gasteiger partial charge in [-0.25, -0.2) is 4.79 Å². The zero-order valence-electron chi connectivity index (χ0n) is 10.6. The van der Waals surface area contributed by atoms with Gasteiger partial charge in [-0.2, -0.15) is 0 Å². The number of ether oxygens (including phenoxy) is 2. The summed E-state index contributed by atoms with van der Waals surface area (Å²) < 4.78 is 10.4. The molecule has 0 aliphatic heterocycles. The van der Waals surface area contributed by atoms with Gasteiger partial charge in [0.15, 0.2) is 0 Å². The van der Waals surface area contributed by atoms with Gasteiger partial charge in [0.25, 0.3) is 0 Å². The number of carbonyl (C=O) groups excluding carboxylic acids is 1. The van der Waals surface area contributed by atoms with E-state index in [1.807, 2.05) is 31.2 Å². The molecule has 1 unspecified atom stereocenters. The van der Waals surface area contributed by atoms with Gasteiger partial charge in [0.2, 0.25) is 0 Å². The van der Waals surface area contributed by atoms with E-state index in [1.54, 1.807) is 6.08 Å². The number of amides is 1. The van der Waals surface area contributed by atoms with E-state index in [-0.39, 0.29) is 6.10 Å². The summed E-state index contributed by atoms with van der Waals surface area (Å²) in [6.45, 7) is 6.22. The first-order valence-electron chi connectivity index (χ1n) is 5.94. The lowest BCUT2D eigenvalue weighted by molar-refractivity contribution is 0.108. The van der Waals surface area contributed by atoms with Crippen molar-refractivity contribution in [1.29, 1.82) is 0 Å². The van der Waals surface area contributed by atoms with Gasteiger partial charge in [-0.05, 0) is 24.6 Å². The molecule has 0 fully saturated rings. The van der Waals surface area contributed by atoms with Crippen LogP contribution >= 0.6 is 0 Å². The predicted octanol–water partition coefficient (Wildman–Crippen LogP) is 2.67. The Morgan fingerprint density at radius 3 is 2.61 bits per heavy atom. The quantitative estimate of drug-likeness (QED) is 0.756. The Balaban J connectivity index is 2.62. The van der Waals surface area contributed by atoms with Crippen molar-refractivity contribution in [2.75, 3.05) is 6.61 Å². The monoisotopic (exact) mass is 249 g/mol. The molecule has 0 saturated carbocycles. The van der Waals surface area contributed by atoms with Crippen LogP contribution in [0.2, 0.25) is 0 Å². The Morgan fingerprint density at radius 1 is 1.44 bits per heavy atom. The normalized spacial score (nSPS) is 11.6. The van der Waals surface area contributed by atoms with E-state index in [9.17, 15) is 4.79 Å². The molecule has 4 heteroatoms. The van der Waals surface area contributed by atoms with Crippen LogP contribution in [0.3, 0.4) is 0 Å². The third-order valence-corrected chi connectivity index (χ3v) is 2.41. The molecular weight excluding hydrogens is 230 g/mol. The fraction of sp³-hybridized carbons (Fsp3) is 0.357. The van der Waals surface area contributed by atoms with Gasteiger partial charge in [-0.1, -0.05) is 18.2 Å². The number of carbonyl (C=O) groups is 1. The van der Waals surface area contributed by atoms with Gasteiger partial charge < -0.3 is 15.2 Å². The van der Waals surface area contributed by atoms with E-state index < -0.39 is 6.09 Å². The van der Waals surface area contributed by atoms with Crippen molar-refractivity contribution in [3.63, 3.8) is 0 Å². The molecule has 0 aliphatic rings. The number of hydrogen-bond acceptors (Lipinski definition) is 3. The molecule has 0 bridgehead atoms.